The van der Waals surface area contributed by atoms with E-state index in [1.165, 1.54) is 12.8 Å². The SMILES string of the molecule is C=CC1CC2C=CC1C2C([Si]Cl)C1C2C=CC1C(C=C)C2. The van der Waals surface area contributed by atoms with Crippen LogP contribution in [-0.2, 0) is 0 Å². The van der Waals surface area contributed by atoms with E-state index in [1.54, 1.807) is 0 Å². The zero-order valence-electron chi connectivity index (χ0n) is 12.4. The van der Waals surface area contributed by atoms with Gasteiger partial charge in [0.2, 0.25) is 0 Å². The Hall–Kier alpha value is -0.533. The molecule has 0 N–H and O–H groups in total. The molecule has 4 rings (SSSR count). The van der Waals surface area contributed by atoms with Crippen molar-refractivity contribution in [3.05, 3.63) is 49.6 Å². The van der Waals surface area contributed by atoms with Crippen molar-refractivity contribution < 1.29 is 0 Å². The van der Waals surface area contributed by atoms with Crippen molar-refractivity contribution in [3.8, 4) is 0 Å². The Labute approximate surface area is 135 Å². The predicted molar refractivity (Wildman–Crippen MR) is 91.2 cm³/mol. The van der Waals surface area contributed by atoms with Crippen LogP contribution in [0.3, 0.4) is 0 Å². The smallest absolute Gasteiger partial charge is 0.171 e. The molecule has 2 saturated carbocycles. The van der Waals surface area contributed by atoms with E-state index in [0.29, 0.717) is 38.0 Å². The van der Waals surface area contributed by atoms with E-state index in [1.807, 2.05) is 0 Å². The Kier molecular flexibility index (Phi) is 3.54. The molecule has 2 heteroatoms. The van der Waals surface area contributed by atoms with E-state index in [0.717, 1.165) is 23.7 Å². The van der Waals surface area contributed by atoms with Crippen molar-refractivity contribution >= 4 is 19.9 Å². The van der Waals surface area contributed by atoms with Crippen LogP contribution in [0.5, 0.6) is 0 Å². The molecule has 0 spiro atoms. The van der Waals surface area contributed by atoms with Crippen LogP contribution in [0.15, 0.2) is 49.6 Å². The fraction of sp³-hybridized carbons (Fsp3) is 0.579. The Morgan fingerprint density at radius 3 is 1.71 bits per heavy atom. The number of hydrogen-bond donors (Lipinski definition) is 0. The first-order chi connectivity index (χ1) is 10.3. The molecule has 0 saturated heterocycles. The molecule has 8 unspecified atom stereocenters. The molecule has 0 nitrogen and oxygen atoms in total. The van der Waals surface area contributed by atoms with E-state index in [4.69, 9.17) is 11.1 Å². The van der Waals surface area contributed by atoms with Gasteiger partial charge in [0.25, 0.3) is 0 Å². The van der Waals surface area contributed by atoms with Gasteiger partial charge in [-0.1, -0.05) is 36.5 Å². The van der Waals surface area contributed by atoms with E-state index in [9.17, 15) is 0 Å². The quantitative estimate of drug-likeness (QED) is 0.385. The van der Waals surface area contributed by atoms with Crippen LogP contribution in [0.2, 0.25) is 5.54 Å². The topological polar surface area (TPSA) is 0 Å². The third-order valence-corrected chi connectivity index (χ3v) is 8.45. The normalized spacial score (nSPS) is 50.7. The van der Waals surface area contributed by atoms with E-state index < -0.39 is 0 Å². The van der Waals surface area contributed by atoms with Gasteiger partial charge >= 0.3 is 0 Å². The molecule has 0 heterocycles. The van der Waals surface area contributed by atoms with Gasteiger partial charge in [-0.25, -0.2) is 0 Å². The van der Waals surface area contributed by atoms with Gasteiger partial charge in [0, 0.05) is 0 Å². The summed E-state index contributed by atoms with van der Waals surface area (Å²) in [5.74, 6) is 5.79. The lowest BCUT2D eigenvalue weighted by Crippen LogP contribution is -2.29. The number of halogens is 1. The standard InChI is InChI=1S/C19H23ClSi/c1-3-11-9-13-5-7-15(11)17(13)19(21-20)18-14-6-8-16(18)12(4-2)10-14/h3-8,11-19H,1-2,9-10H2. The van der Waals surface area contributed by atoms with Crippen LogP contribution in [0.4, 0.5) is 0 Å². The van der Waals surface area contributed by atoms with Crippen molar-refractivity contribution in [1.29, 1.82) is 0 Å². The summed E-state index contributed by atoms with van der Waals surface area (Å²) >= 11 is 6.55. The third-order valence-electron chi connectivity index (χ3n) is 6.68. The Morgan fingerprint density at radius 1 is 0.905 bits per heavy atom. The average molecular weight is 315 g/mol. The zero-order valence-corrected chi connectivity index (χ0v) is 14.1. The highest BCUT2D eigenvalue weighted by Gasteiger charge is 2.54. The Bertz CT molecular complexity index is 464. The van der Waals surface area contributed by atoms with E-state index in [2.05, 4.69) is 49.6 Å². The van der Waals surface area contributed by atoms with Crippen LogP contribution < -0.4 is 0 Å². The number of fused-ring (bicyclic) bond motifs is 4. The Morgan fingerprint density at radius 2 is 1.38 bits per heavy atom. The van der Waals surface area contributed by atoms with Gasteiger partial charge in [0.1, 0.15) is 0 Å². The molecule has 0 aliphatic heterocycles. The van der Waals surface area contributed by atoms with Crippen LogP contribution in [0.1, 0.15) is 12.8 Å². The minimum atomic E-state index is 0.547. The average Bonchev–Trinajstić information content (AvgIpc) is 3.27. The summed E-state index contributed by atoms with van der Waals surface area (Å²) in [4.78, 5) is 0. The lowest BCUT2D eigenvalue weighted by atomic mass is 9.78. The van der Waals surface area contributed by atoms with Gasteiger partial charge in [-0.15, -0.1) is 13.2 Å². The second kappa shape index (κ2) is 5.28. The summed E-state index contributed by atoms with van der Waals surface area (Å²) in [5, 5.41) is 0. The predicted octanol–water partition coefficient (Wildman–Crippen LogP) is 4.88. The fourth-order valence-electron chi connectivity index (χ4n) is 5.82. The zero-order chi connectivity index (χ0) is 14.6. The maximum absolute atomic E-state index is 6.55. The fourth-order valence-corrected chi connectivity index (χ4v) is 7.92. The van der Waals surface area contributed by atoms with Crippen LogP contribution in [0.25, 0.3) is 0 Å². The Balaban J connectivity index is 1.60. The van der Waals surface area contributed by atoms with Crippen LogP contribution >= 0.6 is 11.1 Å². The van der Waals surface area contributed by atoms with Crippen molar-refractivity contribution in [1.82, 2.24) is 0 Å². The van der Waals surface area contributed by atoms with E-state index >= 15 is 0 Å². The van der Waals surface area contributed by atoms with Gasteiger partial charge in [-0.3, -0.25) is 0 Å². The number of rotatable bonds is 5. The van der Waals surface area contributed by atoms with Gasteiger partial charge < -0.3 is 0 Å². The number of allylic oxidation sites excluding steroid dienone is 6. The summed E-state index contributed by atoms with van der Waals surface area (Å²) in [5.41, 5.74) is 0.677. The van der Waals surface area contributed by atoms with Gasteiger partial charge in [-0.05, 0) is 65.7 Å². The second-order valence-electron chi connectivity index (χ2n) is 7.31. The maximum Gasteiger partial charge on any atom is 0.175 e. The monoisotopic (exact) mass is 314 g/mol. The molecule has 2 radical (unpaired) electrons. The van der Waals surface area contributed by atoms with Crippen molar-refractivity contribution in [2.24, 2.45) is 47.3 Å². The molecule has 2 fully saturated rings. The highest BCUT2D eigenvalue weighted by atomic mass is 35.6. The molecule has 4 aliphatic rings. The molecular formula is C19H23ClSi. The highest BCUT2D eigenvalue weighted by Crippen LogP contribution is 2.61. The molecular weight excluding hydrogens is 292 g/mol. The van der Waals surface area contributed by atoms with Crippen LogP contribution in [-0.4, -0.2) is 8.83 Å². The summed E-state index contributed by atoms with van der Waals surface area (Å²) in [6.07, 6.45) is 16.8. The maximum atomic E-state index is 6.55. The molecule has 0 aromatic carbocycles. The summed E-state index contributed by atoms with van der Waals surface area (Å²) in [6.45, 7) is 8.11. The molecule has 0 aromatic rings. The molecule has 110 valence electrons. The van der Waals surface area contributed by atoms with Gasteiger partial charge in [0.05, 0.1) is 0 Å². The summed E-state index contributed by atoms with van der Waals surface area (Å²) in [6, 6.07) is 0. The lowest BCUT2D eigenvalue weighted by molar-refractivity contribution is 0.269. The minimum Gasteiger partial charge on any atom is -0.171 e. The summed E-state index contributed by atoms with van der Waals surface area (Å²) in [7, 11) is 0.547. The molecule has 21 heavy (non-hydrogen) atoms. The third kappa shape index (κ3) is 1.93. The first kappa shape index (κ1) is 14.1. The van der Waals surface area contributed by atoms with Crippen LogP contribution in [0, 0.1) is 47.3 Å². The minimum absolute atomic E-state index is 0.547. The molecule has 8 atom stereocenters. The van der Waals surface area contributed by atoms with E-state index in [-0.39, 0.29) is 0 Å². The van der Waals surface area contributed by atoms with Crippen molar-refractivity contribution in [3.63, 3.8) is 0 Å². The molecule has 0 aromatic heterocycles. The highest BCUT2D eigenvalue weighted by molar-refractivity contribution is 6.94. The first-order valence-electron chi connectivity index (χ1n) is 8.26. The largest absolute Gasteiger partial charge is 0.175 e. The van der Waals surface area contributed by atoms with Crippen molar-refractivity contribution in [2.75, 3.05) is 0 Å². The molecule has 4 aliphatic carbocycles. The first-order valence-corrected chi connectivity index (χ1v) is 10.3. The second-order valence-corrected chi connectivity index (χ2v) is 8.85. The number of hydrogen-bond acceptors (Lipinski definition) is 0. The van der Waals surface area contributed by atoms with Gasteiger partial charge in [0.15, 0.2) is 8.83 Å². The lowest BCUT2D eigenvalue weighted by Gasteiger charge is -2.34. The summed E-state index contributed by atoms with van der Waals surface area (Å²) < 4.78 is 0. The van der Waals surface area contributed by atoms with Crippen molar-refractivity contribution in [2.45, 2.75) is 18.4 Å². The molecule has 0 amide bonds. The molecule has 4 bridgehead atoms. The van der Waals surface area contributed by atoms with Gasteiger partial charge in [-0.2, -0.15) is 11.1 Å².